The number of ether oxygens (including phenoxy) is 2. The minimum Gasteiger partial charge on any atom is -0.479 e. The van der Waals surface area contributed by atoms with Crippen molar-refractivity contribution in [2.24, 2.45) is 0 Å². The van der Waals surface area contributed by atoms with Crippen LogP contribution in [0, 0.1) is 11.3 Å². The monoisotopic (exact) mass is 365 g/mol. The lowest BCUT2D eigenvalue weighted by Crippen LogP contribution is -2.45. The van der Waals surface area contributed by atoms with Crippen molar-refractivity contribution in [3.8, 4) is 17.6 Å². The first-order valence-corrected chi connectivity index (χ1v) is 8.55. The molecule has 138 valence electrons. The maximum absolute atomic E-state index is 12.4. The minimum absolute atomic E-state index is 0.0286. The van der Waals surface area contributed by atoms with Crippen molar-refractivity contribution < 1.29 is 19.1 Å². The van der Waals surface area contributed by atoms with Crippen LogP contribution in [0.25, 0.3) is 0 Å². The van der Waals surface area contributed by atoms with Gasteiger partial charge in [0.05, 0.1) is 5.69 Å². The van der Waals surface area contributed by atoms with Gasteiger partial charge in [-0.1, -0.05) is 12.1 Å². The minimum atomic E-state index is -0.580. The van der Waals surface area contributed by atoms with E-state index in [2.05, 4.69) is 5.32 Å². The molecule has 0 fully saturated rings. The van der Waals surface area contributed by atoms with Crippen molar-refractivity contribution in [2.75, 3.05) is 23.4 Å². The normalized spacial score (nSPS) is 15.3. The third kappa shape index (κ3) is 4.36. The zero-order valence-corrected chi connectivity index (χ0v) is 14.8. The van der Waals surface area contributed by atoms with Crippen LogP contribution in [0.5, 0.6) is 11.5 Å². The van der Waals surface area contributed by atoms with Gasteiger partial charge in [-0.2, -0.15) is 5.26 Å². The van der Waals surface area contributed by atoms with Crippen LogP contribution in [0.3, 0.4) is 0 Å². The maximum Gasteiger partial charge on any atom is 0.267 e. The quantitative estimate of drug-likeness (QED) is 0.850. The van der Waals surface area contributed by atoms with Crippen LogP contribution in [-0.4, -0.2) is 31.1 Å². The summed E-state index contributed by atoms with van der Waals surface area (Å²) in [6.45, 7) is 1.93. The maximum atomic E-state index is 12.4. The molecule has 0 aromatic heterocycles. The van der Waals surface area contributed by atoms with E-state index in [9.17, 15) is 9.59 Å². The van der Waals surface area contributed by atoms with E-state index in [1.165, 1.54) is 0 Å². The lowest BCUT2D eigenvalue weighted by Gasteiger charge is -2.32. The number of fused-ring (bicyclic) bond motifs is 1. The summed E-state index contributed by atoms with van der Waals surface area (Å²) in [5.41, 5.74) is 1.29. The van der Waals surface area contributed by atoms with E-state index in [-0.39, 0.29) is 31.4 Å². The standard InChI is InChI=1S/C20H19N3O4/c1-14-20(25)23(17-4-2-3-5-18(17)27-14)12-10-19(24)22-15-6-8-16(9-7-15)26-13-11-21/h2-9,14H,10,12-13H2,1H3,(H,22,24). The Balaban J connectivity index is 1.59. The van der Waals surface area contributed by atoms with Gasteiger partial charge >= 0.3 is 0 Å². The highest BCUT2D eigenvalue weighted by atomic mass is 16.5. The van der Waals surface area contributed by atoms with E-state index in [0.717, 1.165) is 0 Å². The molecule has 2 amide bonds. The molecule has 0 bridgehead atoms. The van der Waals surface area contributed by atoms with Crippen molar-refractivity contribution in [3.63, 3.8) is 0 Å². The van der Waals surface area contributed by atoms with Crippen molar-refractivity contribution in [3.05, 3.63) is 48.5 Å². The van der Waals surface area contributed by atoms with Crippen LogP contribution < -0.4 is 19.7 Å². The number of benzene rings is 2. The highest BCUT2D eigenvalue weighted by Gasteiger charge is 2.31. The SMILES string of the molecule is CC1Oc2ccccc2N(CCC(=O)Nc2ccc(OCC#N)cc2)C1=O. The summed E-state index contributed by atoms with van der Waals surface area (Å²) in [6.07, 6.45) is -0.427. The fourth-order valence-corrected chi connectivity index (χ4v) is 2.78. The summed E-state index contributed by atoms with van der Waals surface area (Å²) in [6, 6.07) is 15.9. The number of nitriles is 1. The van der Waals surface area contributed by atoms with Gasteiger partial charge in [-0.3, -0.25) is 9.59 Å². The van der Waals surface area contributed by atoms with E-state index >= 15 is 0 Å². The van der Waals surface area contributed by atoms with Crippen molar-refractivity contribution in [2.45, 2.75) is 19.4 Å². The lowest BCUT2D eigenvalue weighted by atomic mass is 10.1. The smallest absolute Gasteiger partial charge is 0.267 e. The largest absolute Gasteiger partial charge is 0.479 e. The number of nitrogens with one attached hydrogen (secondary N) is 1. The number of amides is 2. The molecule has 27 heavy (non-hydrogen) atoms. The number of carbonyl (C=O) groups is 2. The van der Waals surface area contributed by atoms with Gasteiger partial charge in [0.1, 0.15) is 17.6 Å². The highest BCUT2D eigenvalue weighted by molar-refractivity contribution is 6.00. The van der Waals surface area contributed by atoms with Gasteiger partial charge in [0, 0.05) is 18.7 Å². The summed E-state index contributed by atoms with van der Waals surface area (Å²) in [4.78, 5) is 26.3. The Bertz CT molecular complexity index is 874. The number of hydrogen-bond donors (Lipinski definition) is 1. The summed E-state index contributed by atoms with van der Waals surface area (Å²) in [5.74, 6) is 0.822. The van der Waals surface area contributed by atoms with Crippen LogP contribution in [0.2, 0.25) is 0 Å². The van der Waals surface area contributed by atoms with E-state index in [4.69, 9.17) is 14.7 Å². The second kappa shape index (κ2) is 8.23. The zero-order valence-electron chi connectivity index (χ0n) is 14.8. The number of hydrogen-bond acceptors (Lipinski definition) is 5. The predicted octanol–water partition coefficient (Wildman–Crippen LogP) is 2.73. The topological polar surface area (TPSA) is 91.7 Å². The molecule has 0 aliphatic carbocycles. The number of carbonyl (C=O) groups excluding carboxylic acids is 2. The first-order chi connectivity index (χ1) is 13.1. The van der Waals surface area contributed by atoms with Gasteiger partial charge in [-0.15, -0.1) is 0 Å². The third-order valence-electron chi connectivity index (χ3n) is 4.08. The van der Waals surface area contributed by atoms with E-state index in [0.29, 0.717) is 22.9 Å². The molecular weight excluding hydrogens is 346 g/mol. The molecule has 0 radical (unpaired) electrons. The Labute approximate surface area is 157 Å². The second-order valence-electron chi connectivity index (χ2n) is 5.99. The van der Waals surface area contributed by atoms with Gasteiger partial charge < -0.3 is 19.7 Å². The van der Waals surface area contributed by atoms with Crippen LogP contribution >= 0.6 is 0 Å². The summed E-state index contributed by atoms with van der Waals surface area (Å²) < 4.78 is 10.8. The molecule has 2 aromatic carbocycles. The first kappa shape index (κ1) is 18.3. The molecule has 1 unspecified atom stereocenters. The van der Waals surface area contributed by atoms with E-state index < -0.39 is 6.10 Å². The van der Waals surface area contributed by atoms with Crippen molar-refractivity contribution in [1.82, 2.24) is 0 Å². The van der Waals surface area contributed by atoms with E-state index in [1.807, 2.05) is 18.2 Å². The van der Waals surface area contributed by atoms with Crippen LogP contribution in [0.4, 0.5) is 11.4 Å². The summed E-state index contributed by atoms with van der Waals surface area (Å²) in [5, 5.41) is 11.3. The Morgan fingerprint density at radius 2 is 2.00 bits per heavy atom. The average molecular weight is 365 g/mol. The van der Waals surface area contributed by atoms with Gasteiger partial charge in [-0.25, -0.2) is 0 Å². The van der Waals surface area contributed by atoms with Crippen LogP contribution in [0.15, 0.2) is 48.5 Å². The predicted molar refractivity (Wildman–Crippen MR) is 99.7 cm³/mol. The lowest BCUT2D eigenvalue weighted by molar-refractivity contribution is -0.125. The molecule has 0 spiro atoms. The molecule has 3 rings (SSSR count). The Kier molecular flexibility index (Phi) is 5.57. The molecule has 7 nitrogen and oxygen atoms in total. The van der Waals surface area contributed by atoms with Gasteiger partial charge in [-0.05, 0) is 43.3 Å². The summed E-state index contributed by atoms with van der Waals surface area (Å²) in [7, 11) is 0. The van der Waals surface area contributed by atoms with Crippen LogP contribution in [-0.2, 0) is 9.59 Å². The molecule has 0 saturated heterocycles. The molecule has 1 N–H and O–H groups in total. The van der Waals surface area contributed by atoms with E-state index in [1.54, 1.807) is 48.2 Å². The number of nitrogens with zero attached hydrogens (tertiary/aromatic N) is 2. The Morgan fingerprint density at radius 3 is 2.74 bits per heavy atom. The van der Waals surface area contributed by atoms with Crippen molar-refractivity contribution >= 4 is 23.2 Å². The van der Waals surface area contributed by atoms with Gasteiger partial charge in [0.15, 0.2) is 12.7 Å². The number of rotatable bonds is 6. The van der Waals surface area contributed by atoms with Crippen LogP contribution in [0.1, 0.15) is 13.3 Å². The molecule has 1 atom stereocenters. The average Bonchev–Trinajstić information content (AvgIpc) is 2.68. The van der Waals surface area contributed by atoms with Crippen molar-refractivity contribution in [1.29, 1.82) is 5.26 Å². The number of anilines is 2. The van der Waals surface area contributed by atoms with Gasteiger partial charge in [0.2, 0.25) is 5.91 Å². The Morgan fingerprint density at radius 1 is 1.26 bits per heavy atom. The zero-order chi connectivity index (χ0) is 19.2. The molecule has 2 aromatic rings. The Hall–Kier alpha value is -3.53. The third-order valence-corrected chi connectivity index (χ3v) is 4.08. The molecule has 1 aliphatic heterocycles. The molecular formula is C20H19N3O4. The molecule has 7 heteroatoms. The second-order valence-corrected chi connectivity index (χ2v) is 5.99. The summed E-state index contributed by atoms with van der Waals surface area (Å²) >= 11 is 0. The fourth-order valence-electron chi connectivity index (χ4n) is 2.78. The number of para-hydroxylation sites is 2. The van der Waals surface area contributed by atoms with Gasteiger partial charge in [0.25, 0.3) is 5.91 Å². The highest BCUT2D eigenvalue weighted by Crippen LogP contribution is 2.33. The molecule has 1 aliphatic rings. The molecule has 0 saturated carbocycles. The fraction of sp³-hybridized carbons (Fsp3) is 0.250. The molecule has 1 heterocycles. The first-order valence-electron chi connectivity index (χ1n) is 8.55.